The van der Waals surface area contributed by atoms with Gasteiger partial charge in [0.15, 0.2) is 0 Å². The molecule has 122 valence electrons. The van der Waals surface area contributed by atoms with Crippen molar-refractivity contribution in [2.45, 2.75) is 63.8 Å². The van der Waals surface area contributed by atoms with Crippen LogP contribution in [0.15, 0.2) is 24.3 Å². The molecule has 4 unspecified atom stereocenters. The number of halogens is 1. The topological polar surface area (TPSA) is 41.5 Å². The fraction of sp³-hybridized carbons (Fsp3) is 0.667. The lowest BCUT2D eigenvalue weighted by molar-refractivity contribution is -0.176. The highest BCUT2D eigenvalue weighted by Crippen LogP contribution is 2.57. The smallest absolute Gasteiger partial charge is 0.123 e. The van der Waals surface area contributed by atoms with Gasteiger partial charge in [-0.05, 0) is 50.8 Å². The molecule has 0 amide bonds. The molecule has 1 aromatic rings. The van der Waals surface area contributed by atoms with Gasteiger partial charge in [-0.3, -0.25) is 0 Å². The van der Waals surface area contributed by atoms with Gasteiger partial charge in [0.1, 0.15) is 5.82 Å². The Morgan fingerprint density at radius 1 is 1.36 bits per heavy atom. The van der Waals surface area contributed by atoms with Crippen LogP contribution < -0.4 is 5.32 Å². The first kappa shape index (κ1) is 15.9. The summed E-state index contributed by atoms with van der Waals surface area (Å²) in [6.45, 7) is 4.81. The van der Waals surface area contributed by atoms with Crippen molar-refractivity contribution < 1.29 is 14.2 Å². The SMILES string of the molecule is CCOC1CC(NC(C)C(O)c2ccc(F)cc2)C12CCC2. The Morgan fingerprint density at radius 2 is 2.05 bits per heavy atom. The summed E-state index contributed by atoms with van der Waals surface area (Å²) in [5, 5.41) is 14.0. The predicted molar refractivity (Wildman–Crippen MR) is 84.1 cm³/mol. The van der Waals surface area contributed by atoms with Crippen molar-refractivity contribution in [2.24, 2.45) is 5.41 Å². The van der Waals surface area contributed by atoms with E-state index in [1.807, 2.05) is 13.8 Å². The van der Waals surface area contributed by atoms with Crippen LogP contribution in [0, 0.1) is 11.2 Å². The Balaban J connectivity index is 1.60. The zero-order valence-corrected chi connectivity index (χ0v) is 13.4. The number of nitrogens with one attached hydrogen (secondary N) is 1. The van der Waals surface area contributed by atoms with E-state index in [0.29, 0.717) is 12.1 Å². The highest BCUT2D eigenvalue weighted by Gasteiger charge is 2.59. The third-order valence-corrected chi connectivity index (χ3v) is 5.59. The van der Waals surface area contributed by atoms with Crippen LogP contribution in [0.5, 0.6) is 0 Å². The lowest BCUT2D eigenvalue weighted by Crippen LogP contribution is -2.68. The lowest BCUT2D eigenvalue weighted by atomic mass is 9.51. The van der Waals surface area contributed by atoms with Gasteiger partial charge in [-0.15, -0.1) is 0 Å². The average Bonchev–Trinajstić information content (AvgIpc) is 2.44. The fourth-order valence-electron chi connectivity index (χ4n) is 4.03. The van der Waals surface area contributed by atoms with Crippen LogP contribution in [0.3, 0.4) is 0 Å². The summed E-state index contributed by atoms with van der Waals surface area (Å²) >= 11 is 0. The number of hydrogen-bond donors (Lipinski definition) is 2. The number of ether oxygens (including phenoxy) is 1. The summed E-state index contributed by atoms with van der Waals surface area (Å²) in [4.78, 5) is 0. The molecule has 4 atom stereocenters. The second-order valence-electron chi connectivity index (χ2n) is 6.77. The number of hydrogen-bond acceptors (Lipinski definition) is 3. The van der Waals surface area contributed by atoms with Gasteiger partial charge in [0.2, 0.25) is 0 Å². The number of benzene rings is 1. The largest absolute Gasteiger partial charge is 0.387 e. The number of aliphatic hydroxyl groups is 1. The first-order valence-electron chi connectivity index (χ1n) is 8.38. The molecular weight excluding hydrogens is 281 g/mol. The molecule has 0 radical (unpaired) electrons. The highest BCUT2D eigenvalue weighted by molar-refractivity contribution is 5.20. The molecule has 0 bridgehead atoms. The Hall–Kier alpha value is -0.970. The molecule has 0 saturated heterocycles. The molecule has 1 aromatic carbocycles. The summed E-state index contributed by atoms with van der Waals surface area (Å²) < 4.78 is 18.8. The molecule has 0 aliphatic heterocycles. The van der Waals surface area contributed by atoms with Gasteiger partial charge in [-0.2, -0.15) is 0 Å². The second-order valence-corrected chi connectivity index (χ2v) is 6.77. The number of aliphatic hydroxyl groups excluding tert-OH is 1. The average molecular weight is 307 g/mol. The molecule has 3 nitrogen and oxygen atoms in total. The van der Waals surface area contributed by atoms with Crippen molar-refractivity contribution in [1.29, 1.82) is 0 Å². The molecule has 0 aromatic heterocycles. The number of rotatable bonds is 6. The van der Waals surface area contributed by atoms with Crippen LogP contribution in [-0.4, -0.2) is 29.9 Å². The maximum atomic E-state index is 13.0. The third-order valence-electron chi connectivity index (χ3n) is 5.59. The normalized spacial score (nSPS) is 28.7. The van der Waals surface area contributed by atoms with Crippen molar-refractivity contribution in [3.05, 3.63) is 35.6 Å². The van der Waals surface area contributed by atoms with E-state index in [1.165, 1.54) is 31.4 Å². The van der Waals surface area contributed by atoms with Gasteiger partial charge in [-0.25, -0.2) is 4.39 Å². The summed E-state index contributed by atoms with van der Waals surface area (Å²) in [5.41, 5.74) is 1.04. The minimum absolute atomic E-state index is 0.0597. The van der Waals surface area contributed by atoms with E-state index in [1.54, 1.807) is 12.1 Å². The minimum atomic E-state index is -0.621. The molecule has 0 heterocycles. The molecule has 2 N–H and O–H groups in total. The van der Waals surface area contributed by atoms with Crippen LogP contribution in [-0.2, 0) is 4.74 Å². The van der Waals surface area contributed by atoms with Gasteiger partial charge < -0.3 is 15.2 Å². The summed E-state index contributed by atoms with van der Waals surface area (Å²) in [6.07, 6.45) is 4.48. The maximum Gasteiger partial charge on any atom is 0.123 e. The van der Waals surface area contributed by atoms with Crippen LogP contribution in [0.4, 0.5) is 4.39 Å². The van der Waals surface area contributed by atoms with Crippen LogP contribution in [0.2, 0.25) is 0 Å². The molecule has 2 aliphatic rings. The molecule has 4 heteroatoms. The van der Waals surface area contributed by atoms with E-state index in [9.17, 15) is 9.50 Å². The Bertz CT molecular complexity index is 500. The fourth-order valence-corrected chi connectivity index (χ4v) is 4.03. The first-order chi connectivity index (χ1) is 10.6. The Kier molecular flexibility index (Phi) is 4.53. The Morgan fingerprint density at radius 3 is 2.59 bits per heavy atom. The molecule has 3 rings (SSSR count). The first-order valence-corrected chi connectivity index (χ1v) is 8.38. The zero-order valence-electron chi connectivity index (χ0n) is 13.4. The summed E-state index contributed by atoms with van der Waals surface area (Å²) in [7, 11) is 0. The van der Waals surface area contributed by atoms with E-state index in [-0.39, 0.29) is 17.3 Å². The van der Waals surface area contributed by atoms with E-state index >= 15 is 0 Å². The highest BCUT2D eigenvalue weighted by atomic mass is 19.1. The van der Waals surface area contributed by atoms with E-state index in [4.69, 9.17) is 4.74 Å². The van der Waals surface area contributed by atoms with Gasteiger partial charge in [-0.1, -0.05) is 18.6 Å². The van der Waals surface area contributed by atoms with Gasteiger partial charge in [0.05, 0.1) is 12.2 Å². The quantitative estimate of drug-likeness (QED) is 0.848. The van der Waals surface area contributed by atoms with Gasteiger partial charge >= 0.3 is 0 Å². The summed E-state index contributed by atoms with van der Waals surface area (Å²) in [5.74, 6) is -0.275. The van der Waals surface area contributed by atoms with Crippen LogP contribution >= 0.6 is 0 Å². The van der Waals surface area contributed by atoms with Gasteiger partial charge in [0.25, 0.3) is 0 Å². The van der Waals surface area contributed by atoms with E-state index in [0.717, 1.165) is 18.6 Å². The van der Waals surface area contributed by atoms with Crippen molar-refractivity contribution >= 4 is 0 Å². The second kappa shape index (κ2) is 6.26. The third kappa shape index (κ3) is 2.68. The van der Waals surface area contributed by atoms with Crippen molar-refractivity contribution in [2.75, 3.05) is 6.61 Å². The molecule has 2 aliphatic carbocycles. The molecule has 22 heavy (non-hydrogen) atoms. The van der Waals surface area contributed by atoms with Crippen molar-refractivity contribution in [3.8, 4) is 0 Å². The molecular formula is C18H26FNO2. The molecule has 1 spiro atoms. The standard InChI is InChI=1S/C18H26FNO2/c1-3-22-16-11-15(18(16)9-4-10-18)20-12(2)17(21)13-5-7-14(19)8-6-13/h5-8,12,15-17,20-21H,3-4,9-11H2,1-2H3. The van der Waals surface area contributed by atoms with Gasteiger partial charge in [0, 0.05) is 24.1 Å². The van der Waals surface area contributed by atoms with Crippen LogP contribution in [0.25, 0.3) is 0 Å². The molecule has 2 saturated carbocycles. The lowest BCUT2D eigenvalue weighted by Gasteiger charge is -2.61. The Labute approximate surface area is 131 Å². The van der Waals surface area contributed by atoms with Crippen molar-refractivity contribution in [1.82, 2.24) is 5.32 Å². The van der Waals surface area contributed by atoms with Crippen LogP contribution in [0.1, 0.15) is 51.2 Å². The zero-order chi connectivity index (χ0) is 15.7. The minimum Gasteiger partial charge on any atom is -0.387 e. The van der Waals surface area contributed by atoms with E-state index in [2.05, 4.69) is 5.32 Å². The van der Waals surface area contributed by atoms with E-state index < -0.39 is 6.10 Å². The molecule has 2 fully saturated rings. The van der Waals surface area contributed by atoms with Crippen molar-refractivity contribution in [3.63, 3.8) is 0 Å². The maximum absolute atomic E-state index is 13.0. The summed E-state index contributed by atoms with van der Waals surface area (Å²) in [6, 6.07) is 6.46. The monoisotopic (exact) mass is 307 g/mol. The predicted octanol–water partition coefficient (Wildman–Crippen LogP) is 3.18.